The highest BCUT2D eigenvalue weighted by Gasteiger charge is 2.42. The lowest BCUT2D eigenvalue weighted by atomic mass is 9.94. The fraction of sp³-hybridized carbons (Fsp3) is 0.400. The van der Waals surface area contributed by atoms with E-state index in [0.29, 0.717) is 23.0 Å². The van der Waals surface area contributed by atoms with Gasteiger partial charge in [0.15, 0.2) is 0 Å². The zero-order valence-corrected chi connectivity index (χ0v) is 9.32. The predicted octanol–water partition coefficient (Wildman–Crippen LogP) is 3.20. The highest BCUT2D eigenvalue weighted by Crippen LogP contribution is 2.37. The van der Waals surface area contributed by atoms with E-state index in [0.717, 1.165) is 5.56 Å². The maximum atomic E-state index is 12.7. The summed E-state index contributed by atoms with van der Waals surface area (Å²) in [4.78, 5) is 0. The van der Waals surface area contributed by atoms with E-state index in [1.165, 1.54) is 0 Å². The van der Waals surface area contributed by atoms with E-state index >= 15 is 0 Å². The number of fused-ring (bicyclic) bond motifs is 1. The molecule has 1 aliphatic heterocycles. The molecule has 0 bridgehead atoms. The summed E-state index contributed by atoms with van der Waals surface area (Å²) in [7, 11) is 0. The van der Waals surface area contributed by atoms with Crippen LogP contribution in [-0.4, -0.2) is 12.7 Å². The Labute approximate surface area is 93.8 Å². The molecule has 0 amide bonds. The van der Waals surface area contributed by atoms with Crippen LogP contribution in [0, 0.1) is 0 Å². The normalized spacial score (nSPS) is 21.2. The molecule has 5 heteroatoms. The molecule has 0 aliphatic carbocycles. The average Bonchev–Trinajstić information content (AvgIpc) is 2.15. The number of hydrogen-bond acceptors (Lipinski definition) is 1. The van der Waals surface area contributed by atoms with E-state index in [4.69, 9.17) is 0 Å². The van der Waals surface area contributed by atoms with Gasteiger partial charge in [-0.25, -0.2) is 0 Å². The smallest absolute Gasteiger partial charge is 0.302 e. The summed E-state index contributed by atoms with van der Waals surface area (Å²) in [6.45, 7) is 0.374. The van der Waals surface area contributed by atoms with Gasteiger partial charge in [-0.15, -0.1) is 0 Å². The van der Waals surface area contributed by atoms with Crippen molar-refractivity contribution in [2.24, 2.45) is 0 Å². The molecular weight excluding hydrogens is 271 g/mol. The first-order chi connectivity index (χ1) is 6.98. The molecule has 1 nitrogen and oxygen atoms in total. The monoisotopic (exact) mass is 279 g/mol. The molecule has 0 fully saturated rings. The van der Waals surface area contributed by atoms with Crippen molar-refractivity contribution in [1.82, 2.24) is 5.32 Å². The molecule has 0 aromatic heterocycles. The van der Waals surface area contributed by atoms with E-state index in [2.05, 4.69) is 21.2 Å². The molecule has 1 aliphatic rings. The Balaban J connectivity index is 2.45. The molecule has 0 radical (unpaired) electrons. The zero-order valence-electron chi connectivity index (χ0n) is 7.74. The van der Waals surface area contributed by atoms with E-state index in [9.17, 15) is 13.2 Å². The second-order valence-corrected chi connectivity index (χ2v) is 4.44. The van der Waals surface area contributed by atoms with E-state index in [1.807, 2.05) is 0 Å². The standard InChI is InChI=1S/C10H9BrF3N/c11-7-2-1-6-3-4-15-9(8(6)5-7)10(12,13)14/h1-2,5,9,15H,3-4H2. The minimum Gasteiger partial charge on any atom is -0.302 e. The third-order valence-electron chi connectivity index (χ3n) is 2.49. The number of benzene rings is 1. The first kappa shape index (κ1) is 11.0. The molecule has 1 unspecified atom stereocenters. The van der Waals surface area contributed by atoms with Crippen molar-refractivity contribution in [2.45, 2.75) is 18.6 Å². The van der Waals surface area contributed by atoms with Crippen molar-refractivity contribution in [2.75, 3.05) is 6.54 Å². The molecular formula is C10H9BrF3N. The minimum atomic E-state index is -4.23. The third kappa shape index (κ3) is 2.18. The Bertz CT molecular complexity index is 375. The van der Waals surface area contributed by atoms with Gasteiger partial charge in [0.2, 0.25) is 0 Å². The van der Waals surface area contributed by atoms with Gasteiger partial charge in [0.25, 0.3) is 0 Å². The van der Waals surface area contributed by atoms with Gasteiger partial charge in [-0.3, -0.25) is 0 Å². The number of alkyl halides is 3. The minimum absolute atomic E-state index is 0.336. The summed E-state index contributed by atoms with van der Waals surface area (Å²) in [5.74, 6) is 0. The fourth-order valence-electron chi connectivity index (χ4n) is 1.82. The predicted molar refractivity (Wildman–Crippen MR) is 54.6 cm³/mol. The summed E-state index contributed by atoms with van der Waals surface area (Å²) >= 11 is 3.19. The number of nitrogens with one attached hydrogen (secondary N) is 1. The Morgan fingerprint density at radius 3 is 2.73 bits per heavy atom. The molecule has 1 atom stereocenters. The average molecular weight is 280 g/mol. The highest BCUT2D eigenvalue weighted by molar-refractivity contribution is 9.10. The highest BCUT2D eigenvalue weighted by atomic mass is 79.9. The largest absolute Gasteiger partial charge is 0.407 e. The maximum absolute atomic E-state index is 12.7. The van der Waals surface area contributed by atoms with Crippen molar-refractivity contribution in [3.05, 3.63) is 33.8 Å². The Morgan fingerprint density at radius 1 is 1.33 bits per heavy atom. The van der Waals surface area contributed by atoms with Crippen LogP contribution in [0.2, 0.25) is 0 Å². The van der Waals surface area contributed by atoms with Crippen molar-refractivity contribution >= 4 is 15.9 Å². The molecule has 15 heavy (non-hydrogen) atoms. The van der Waals surface area contributed by atoms with Crippen LogP contribution in [0.15, 0.2) is 22.7 Å². The van der Waals surface area contributed by atoms with Crippen LogP contribution >= 0.6 is 15.9 Å². The number of rotatable bonds is 0. The second kappa shape index (κ2) is 3.79. The van der Waals surface area contributed by atoms with Crippen molar-refractivity contribution in [3.63, 3.8) is 0 Å². The van der Waals surface area contributed by atoms with Gasteiger partial charge < -0.3 is 5.32 Å². The van der Waals surface area contributed by atoms with Gasteiger partial charge >= 0.3 is 6.18 Å². The van der Waals surface area contributed by atoms with Crippen molar-refractivity contribution < 1.29 is 13.2 Å². The molecule has 1 aromatic carbocycles. The van der Waals surface area contributed by atoms with Crippen molar-refractivity contribution in [3.8, 4) is 0 Å². The summed E-state index contributed by atoms with van der Waals surface area (Å²) in [5.41, 5.74) is 1.11. The number of halogens is 4. The third-order valence-corrected chi connectivity index (χ3v) is 2.98. The molecule has 1 heterocycles. The fourth-order valence-corrected chi connectivity index (χ4v) is 2.19. The van der Waals surface area contributed by atoms with Gasteiger partial charge in [0, 0.05) is 11.0 Å². The van der Waals surface area contributed by atoms with E-state index in [-0.39, 0.29) is 0 Å². The molecule has 1 N–H and O–H groups in total. The summed E-state index contributed by atoms with van der Waals surface area (Å²) in [5, 5.41) is 2.50. The van der Waals surface area contributed by atoms with Crippen LogP contribution in [0.1, 0.15) is 17.2 Å². The lowest BCUT2D eigenvalue weighted by Gasteiger charge is -2.28. The summed E-state index contributed by atoms with van der Waals surface area (Å²) in [6, 6.07) is 3.54. The molecule has 82 valence electrons. The van der Waals surface area contributed by atoms with Crippen LogP contribution in [0.25, 0.3) is 0 Å². The molecule has 1 aromatic rings. The van der Waals surface area contributed by atoms with Crippen LogP contribution in [0.4, 0.5) is 13.2 Å². The maximum Gasteiger partial charge on any atom is 0.407 e. The molecule has 2 rings (SSSR count). The Morgan fingerprint density at radius 2 is 2.07 bits per heavy atom. The van der Waals surface area contributed by atoms with Gasteiger partial charge in [-0.2, -0.15) is 13.2 Å². The zero-order chi connectivity index (χ0) is 11.1. The lowest BCUT2D eigenvalue weighted by Crippen LogP contribution is -2.39. The molecule has 0 saturated heterocycles. The Hall–Kier alpha value is -0.550. The lowest BCUT2D eigenvalue weighted by molar-refractivity contribution is -0.158. The van der Waals surface area contributed by atoms with Crippen LogP contribution < -0.4 is 5.32 Å². The van der Waals surface area contributed by atoms with Gasteiger partial charge in [-0.1, -0.05) is 22.0 Å². The van der Waals surface area contributed by atoms with Crippen LogP contribution in [0.3, 0.4) is 0 Å². The first-order valence-corrected chi connectivity index (χ1v) is 5.36. The SMILES string of the molecule is FC(F)(F)C1NCCc2ccc(Br)cc21. The summed E-state index contributed by atoms with van der Waals surface area (Å²) in [6.07, 6.45) is -3.58. The van der Waals surface area contributed by atoms with Crippen molar-refractivity contribution in [1.29, 1.82) is 0 Å². The van der Waals surface area contributed by atoms with E-state index < -0.39 is 12.2 Å². The van der Waals surface area contributed by atoms with E-state index in [1.54, 1.807) is 18.2 Å². The summed E-state index contributed by atoms with van der Waals surface area (Å²) < 4.78 is 38.7. The quantitative estimate of drug-likeness (QED) is 0.769. The molecule has 0 saturated carbocycles. The second-order valence-electron chi connectivity index (χ2n) is 3.52. The molecule has 0 spiro atoms. The van der Waals surface area contributed by atoms with Gasteiger partial charge in [-0.05, 0) is 29.7 Å². The number of hydrogen-bond donors (Lipinski definition) is 1. The Kier molecular flexibility index (Phi) is 2.77. The van der Waals surface area contributed by atoms with Gasteiger partial charge in [0.05, 0.1) is 0 Å². The van der Waals surface area contributed by atoms with Gasteiger partial charge in [0.1, 0.15) is 6.04 Å². The topological polar surface area (TPSA) is 12.0 Å². The first-order valence-electron chi connectivity index (χ1n) is 4.57. The van der Waals surface area contributed by atoms with Crippen LogP contribution in [0.5, 0.6) is 0 Å². The van der Waals surface area contributed by atoms with Crippen LogP contribution in [-0.2, 0) is 6.42 Å².